The molecule has 2 aliphatic rings. The Morgan fingerprint density at radius 2 is 1.74 bits per heavy atom. The third-order valence-corrected chi connectivity index (χ3v) is 6.76. The monoisotopic (exact) mass is 538 g/mol. The molecule has 0 radical (unpaired) electrons. The summed E-state index contributed by atoms with van der Waals surface area (Å²) in [5.41, 5.74) is 3.15. The summed E-state index contributed by atoms with van der Waals surface area (Å²) in [4.78, 5) is 12.4. The molecule has 0 saturated heterocycles. The van der Waals surface area contributed by atoms with Crippen molar-refractivity contribution in [2.75, 3.05) is 21.3 Å². The van der Waals surface area contributed by atoms with Gasteiger partial charge in [-0.3, -0.25) is 0 Å². The largest absolute Gasteiger partial charge is 0.493 e. The lowest BCUT2D eigenvalue weighted by Gasteiger charge is -2.39. The zero-order valence-electron chi connectivity index (χ0n) is 19.3. The number of hydrogen-bond donors (Lipinski definition) is 1. The Hall–Kier alpha value is -3.72. The van der Waals surface area contributed by atoms with E-state index in [2.05, 4.69) is 15.9 Å². The van der Waals surface area contributed by atoms with E-state index < -0.39 is 12.2 Å². The Morgan fingerprint density at radius 1 is 1.00 bits per heavy atom. The van der Waals surface area contributed by atoms with Gasteiger partial charge in [0.2, 0.25) is 6.23 Å². The second kappa shape index (κ2) is 9.14. The van der Waals surface area contributed by atoms with E-state index in [0.717, 1.165) is 21.3 Å². The van der Waals surface area contributed by atoms with Crippen molar-refractivity contribution in [3.8, 4) is 23.0 Å². The molecule has 9 heteroatoms. The molecule has 2 atom stereocenters. The molecule has 2 aliphatic heterocycles. The van der Waals surface area contributed by atoms with Gasteiger partial charge in [0.1, 0.15) is 5.56 Å². The quantitative estimate of drug-likeness (QED) is 0.448. The van der Waals surface area contributed by atoms with Crippen LogP contribution in [-0.2, 0) is 0 Å². The van der Waals surface area contributed by atoms with Crippen molar-refractivity contribution in [2.24, 2.45) is 5.10 Å². The first-order valence-electron chi connectivity index (χ1n) is 10.9. The smallest absolute Gasteiger partial charge is 0.340 e. The van der Waals surface area contributed by atoms with Crippen LogP contribution < -0.4 is 18.9 Å². The maximum Gasteiger partial charge on any atom is 0.340 e. The van der Waals surface area contributed by atoms with Crippen molar-refractivity contribution < 1.29 is 28.8 Å². The van der Waals surface area contributed by atoms with Crippen LogP contribution in [-0.4, -0.2) is 43.1 Å². The molecule has 180 valence electrons. The van der Waals surface area contributed by atoms with Crippen molar-refractivity contribution in [3.05, 3.63) is 81.3 Å². The van der Waals surface area contributed by atoms with Gasteiger partial charge in [-0.1, -0.05) is 40.2 Å². The molecule has 0 aliphatic carbocycles. The van der Waals surface area contributed by atoms with Crippen molar-refractivity contribution in [1.29, 1.82) is 0 Å². The fourth-order valence-corrected chi connectivity index (χ4v) is 4.90. The van der Waals surface area contributed by atoms with E-state index in [0.29, 0.717) is 29.2 Å². The molecule has 3 aromatic carbocycles. The SMILES string of the molecule is COc1cccc2c1O[C@@H](c1ccc(OC)c(OC)c1C(=O)O)N1N=C(c3ccc(Br)cc3)C[C@@H]21. The average molecular weight is 539 g/mol. The van der Waals surface area contributed by atoms with Gasteiger partial charge in [-0.15, -0.1) is 0 Å². The summed E-state index contributed by atoms with van der Waals surface area (Å²) in [7, 11) is 4.46. The maximum atomic E-state index is 12.4. The first-order valence-corrected chi connectivity index (χ1v) is 11.7. The molecule has 0 amide bonds. The van der Waals surface area contributed by atoms with Gasteiger partial charge in [0.25, 0.3) is 0 Å². The predicted molar refractivity (Wildman–Crippen MR) is 133 cm³/mol. The Morgan fingerprint density at radius 3 is 2.40 bits per heavy atom. The van der Waals surface area contributed by atoms with E-state index in [1.54, 1.807) is 19.2 Å². The number of hydrogen-bond acceptors (Lipinski definition) is 7. The molecule has 0 spiro atoms. The molecule has 0 aromatic heterocycles. The highest BCUT2D eigenvalue weighted by Gasteiger charge is 2.44. The third kappa shape index (κ3) is 3.85. The van der Waals surface area contributed by atoms with Crippen molar-refractivity contribution in [2.45, 2.75) is 18.7 Å². The molecule has 2 heterocycles. The van der Waals surface area contributed by atoms with Gasteiger partial charge in [0.15, 0.2) is 23.0 Å². The summed E-state index contributed by atoms with van der Waals surface area (Å²) in [5.74, 6) is 0.429. The number of halogens is 1. The van der Waals surface area contributed by atoms with Crippen LogP contribution in [0.1, 0.15) is 45.7 Å². The van der Waals surface area contributed by atoms with Crippen LogP contribution in [0.5, 0.6) is 23.0 Å². The van der Waals surface area contributed by atoms with E-state index in [4.69, 9.17) is 24.0 Å². The number of aromatic carboxylic acids is 1. The summed E-state index contributed by atoms with van der Waals surface area (Å²) >= 11 is 3.48. The fraction of sp³-hybridized carbons (Fsp3) is 0.231. The molecule has 3 aromatic rings. The van der Waals surface area contributed by atoms with Crippen molar-refractivity contribution >= 4 is 27.6 Å². The van der Waals surface area contributed by atoms with E-state index in [1.165, 1.54) is 14.2 Å². The summed E-state index contributed by atoms with van der Waals surface area (Å²) in [6, 6.07) is 16.8. The maximum absolute atomic E-state index is 12.4. The number of carbonyl (C=O) groups is 1. The van der Waals surface area contributed by atoms with Crippen LogP contribution in [0, 0.1) is 0 Å². The lowest BCUT2D eigenvalue weighted by Crippen LogP contribution is -2.35. The Balaban J connectivity index is 1.70. The molecule has 0 fully saturated rings. The predicted octanol–water partition coefficient (Wildman–Crippen LogP) is 5.42. The minimum Gasteiger partial charge on any atom is -0.493 e. The Bertz CT molecular complexity index is 1320. The van der Waals surface area contributed by atoms with E-state index in [1.807, 2.05) is 47.5 Å². The normalized spacial score (nSPS) is 18.2. The highest BCUT2D eigenvalue weighted by atomic mass is 79.9. The number of para-hydroxylation sites is 1. The van der Waals surface area contributed by atoms with Gasteiger partial charge in [0, 0.05) is 22.0 Å². The van der Waals surface area contributed by atoms with Gasteiger partial charge in [-0.2, -0.15) is 5.10 Å². The van der Waals surface area contributed by atoms with E-state index in [9.17, 15) is 9.90 Å². The number of benzene rings is 3. The lowest BCUT2D eigenvalue weighted by molar-refractivity contribution is -0.0217. The number of methoxy groups -OCH3 is 3. The van der Waals surface area contributed by atoms with Gasteiger partial charge >= 0.3 is 5.97 Å². The molecule has 0 saturated carbocycles. The summed E-state index contributed by atoms with van der Waals surface area (Å²) < 4.78 is 23.8. The van der Waals surface area contributed by atoms with Crippen molar-refractivity contribution in [3.63, 3.8) is 0 Å². The molecule has 0 unspecified atom stereocenters. The fourth-order valence-electron chi connectivity index (χ4n) is 4.64. The van der Waals surface area contributed by atoms with Crippen molar-refractivity contribution in [1.82, 2.24) is 5.01 Å². The molecule has 0 bridgehead atoms. The Labute approximate surface area is 210 Å². The van der Waals surface area contributed by atoms with Crippen LogP contribution in [0.25, 0.3) is 0 Å². The number of ether oxygens (including phenoxy) is 4. The highest BCUT2D eigenvalue weighted by molar-refractivity contribution is 9.10. The standard InChI is InChI=1S/C26H23BrN2O6/c1-32-20-6-4-5-16-19-13-18(14-7-9-15(27)10-8-14)28-29(19)25(35-23(16)20)17-11-12-21(33-2)24(34-3)22(17)26(30)31/h4-12,19,25H,13H2,1-3H3,(H,30,31)/t19-,25-/m0/s1. The molecule has 5 rings (SSSR count). The molecular formula is C26H23BrN2O6. The zero-order valence-corrected chi connectivity index (χ0v) is 20.9. The summed E-state index contributed by atoms with van der Waals surface area (Å²) in [6.07, 6.45) is -0.209. The van der Waals surface area contributed by atoms with Gasteiger partial charge in [-0.25, -0.2) is 9.80 Å². The first kappa shape index (κ1) is 23.0. The summed E-state index contributed by atoms with van der Waals surface area (Å²) in [5, 5.41) is 16.9. The average Bonchev–Trinajstić information content (AvgIpc) is 3.33. The van der Waals surface area contributed by atoms with E-state index >= 15 is 0 Å². The minimum atomic E-state index is -1.15. The van der Waals surface area contributed by atoms with E-state index in [-0.39, 0.29) is 17.4 Å². The highest BCUT2D eigenvalue weighted by Crippen LogP contribution is 2.52. The molecular weight excluding hydrogens is 516 g/mol. The molecule has 1 N–H and O–H groups in total. The number of nitrogens with zero attached hydrogens (tertiary/aromatic N) is 2. The number of carboxylic acids is 1. The number of rotatable bonds is 6. The van der Waals surface area contributed by atoms with Crippen LogP contribution in [0.3, 0.4) is 0 Å². The number of hydrazone groups is 1. The van der Waals surface area contributed by atoms with Crippen LogP contribution in [0.15, 0.2) is 64.2 Å². The second-order valence-electron chi connectivity index (χ2n) is 8.07. The number of carboxylic acid groups (broad SMARTS) is 1. The van der Waals surface area contributed by atoms with Gasteiger partial charge < -0.3 is 24.1 Å². The van der Waals surface area contributed by atoms with Crippen LogP contribution >= 0.6 is 15.9 Å². The zero-order chi connectivity index (χ0) is 24.7. The second-order valence-corrected chi connectivity index (χ2v) is 8.99. The topological polar surface area (TPSA) is 89.8 Å². The lowest BCUT2D eigenvalue weighted by atomic mass is 9.94. The molecule has 8 nitrogen and oxygen atoms in total. The summed E-state index contributed by atoms with van der Waals surface area (Å²) in [6.45, 7) is 0. The Kier molecular flexibility index (Phi) is 6.02. The van der Waals surface area contributed by atoms with Gasteiger partial charge in [-0.05, 0) is 35.9 Å². The first-order chi connectivity index (χ1) is 17.0. The van der Waals surface area contributed by atoms with Crippen LogP contribution in [0.4, 0.5) is 0 Å². The minimum absolute atomic E-state index is 0.0405. The third-order valence-electron chi connectivity index (χ3n) is 6.24. The number of fused-ring (bicyclic) bond motifs is 3. The molecule has 35 heavy (non-hydrogen) atoms. The van der Waals surface area contributed by atoms with Gasteiger partial charge in [0.05, 0.1) is 33.1 Å². The van der Waals surface area contributed by atoms with Crippen LogP contribution in [0.2, 0.25) is 0 Å².